The molecule has 3 heterocycles. The summed E-state index contributed by atoms with van der Waals surface area (Å²) >= 11 is 1.86. The molecule has 3 rings (SSSR count). The molecule has 88 valence electrons. The van der Waals surface area contributed by atoms with Gasteiger partial charge in [-0.05, 0) is 38.8 Å². The number of thiazole rings is 1. The van der Waals surface area contributed by atoms with Crippen LogP contribution >= 0.6 is 11.3 Å². The van der Waals surface area contributed by atoms with Crippen LogP contribution in [-0.4, -0.2) is 36.1 Å². The zero-order valence-corrected chi connectivity index (χ0v) is 10.8. The number of fused-ring (bicyclic) bond motifs is 1. The van der Waals surface area contributed by atoms with Gasteiger partial charge in [-0.15, -0.1) is 11.3 Å². The largest absolute Gasteiger partial charge is 0.316 e. The number of hydrogen-bond acceptors (Lipinski definition) is 4. The van der Waals surface area contributed by atoms with Crippen molar-refractivity contribution in [1.29, 1.82) is 0 Å². The number of nitrogens with zero attached hydrogens (tertiary/aromatic N) is 2. The molecule has 0 radical (unpaired) electrons. The molecule has 16 heavy (non-hydrogen) atoms. The molecule has 2 fully saturated rings. The third-order valence-electron chi connectivity index (χ3n) is 3.83. The van der Waals surface area contributed by atoms with Gasteiger partial charge >= 0.3 is 0 Å². The lowest BCUT2D eigenvalue weighted by Gasteiger charge is -2.15. The molecule has 0 saturated carbocycles. The first kappa shape index (κ1) is 10.7. The quantitative estimate of drug-likeness (QED) is 0.843. The number of nitrogens with one attached hydrogen (secondary N) is 1. The van der Waals surface area contributed by atoms with Gasteiger partial charge < -0.3 is 5.32 Å². The smallest absolute Gasteiger partial charge is 0.0900 e. The molecule has 0 aromatic carbocycles. The average molecular weight is 237 g/mol. The zero-order valence-electron chi connectivity index (χ0n) is 9.99. The second kappa shape index (κ2) is 4.09. The molecular formula is C12H19N3S. The van der Waals surface area contributed by atoms with Crippen LogP contribution < -0.4 is 5.32 Å². The van der Waals surface area contributed by atoms with E-state index in [2.05, 4.69) is 29.0 Å². The molecule has 3 nitrogen and oxygen atoms in total. The average Bonchev–Trinajstić information content (AvgIpc) is 2.82. The minimum atomic E-state index is 0.898. The van der Waals surface area contributed by atoms with Crippen molar-refractivity contribution in [2.24, 2.45) is 11.8 Å². The van der Waals surface area contributed by atoms with E-state index in [1.807, 2.05) is 11.3 Å². The first-order valence-electron chi connectivity index (χ1n) is 6.08. The van der Waals surface area contributed by atoms with Gasteiger partial charge in [-0.2, -0.15) is 0 Å². The Morgan fingerprint density at radius 2 is 2.00 bits per heavy atom. The standard InChI is InChI=1S/C12H19N3S/c1-8-12(16-9(2)14-8)7-15-5-10-3-13-4-11(10)6-15/h10-11,13H,3-7H2,1-2H3/t10-,11+. The van der Waals surface area contributed by atoms with Gasteiger partial charge in [0, 0.05) is 24.5 Å². The summed E-state index contributed by atoms with van der Waals surface area (Å²) in [5.74, 6) is 1.80. The molecule has 0 spiro atoms. The van der Waals surface area contributed by atoms with Gasteiger partial charge in [0.15, 0.2) is 0 Å². The number of aromatic nitrogens is 1. The lowest BCUT2D eigenvalue weighted by atomic mass is 10.0. The highest BCUT2D eigenvalue weighted by atomic mass is 32.1. The van der Waals surface area contributed by atoms with E-state index in [-0.39, 0.29) is 0 Å². The molecule has 2 saturated heterocycles. The second-order valence-corrected chi connectivity index (χ2v) is 6.40. The van der Waals surface area contributed by atoms with Gasteiger partial charge in [-0.3, -0.25) is 4.90 Å². The predicted octanol–water partition coefficient (Wildman–Crippen LogP) is 1.41. The lowest BCUT2D eigenvalue weighted by Crippen LogP contribution is -2.25. The van der Waals surface area contributed by atoms with Crippen molar-refractivity contribution in [3.05, 3.63) is 15.6 Å². The first-order chi connectivity index (χ1) is 7.72. The van der Waals surface area contributed by atoms with Crippen LogP contribution in [0.1, 0.15) is 15.6 Å². The van der Waals surface area contributed by atoms with E-state index in [0.29, 0.717) is 0 Å². The third kappa shape index (κ3) is 1.90. The Kier molecular flexibility index (Phi) is 2.73. The van der Waals surface area contributed by atoms with Gasteiger partial charge in [0.2, 0.25) is 0 Å². The fraction of sp³-hybridized carbons (Fsp3) is 0.750. The number of aryl methyl sites for hydroxylation is 2. The lowest BCUT2D eigenvalue weighted by molar-refractivity contribution is 0.307. The highest BCUT2D eigenvalue weighted by Gasteiger charge is 2.36. The van der Waals surface area contributed by atoms with Crippen molar-refractivity contribution in [2.45, 2.75) is 20.4 Å². The van der Waals surface area contributed by atoms with Crippen LogP contribution in [0.15, 0.2) is 0 Å². The van der Waals surface area contributed by atoms with Crippen LogP contribution in [0.5, 0.6) is 0 Å². The molecule has 0 aliphatic carbocycles. The van der Waals surface area contributed by atoms with E-state index in [4.69, 9.17) is 0 Å². The Morgan fingerprint density at radius 1 is 1.31 bits per heavy atom. The number of likely N-dealkylation sites (tertiary alicyclic amines) is 1. The monoisotopic (exact) mass is 237 g/mol. The second-order valence-electron chi connectivity index (χ2n) is 5.11. The molecule has 2 aliphatic rings. The van der Waals surface area contributed by atoms with Gasteiger partial charge in [0.25, 0.3) is 0 Å². The molecule has 1 aromatic heterocycles. The van der Waals surface area contributed by atoms with E-state index in [1.165, 1.54) is 41.8 Å². The Labute approximate surface area is 101 Å². The fourth-order valence-electron chi connectivity index (χ4n) is 3.00. The Hall–Kier alpha value is -0.450. The van der Waals surface area contributed by atoms with Crippen LogP contribution in [0.25, 0.3) is 0 Å². The summed E-state index contributed by atoms with van der Waals surface area (Å²) in [7, 11) is 0. The Balaban J connectivity index is 1.66. The Morgan fingerprint density at radius 3 is 2.56 bits per heavy atom. The van der Waals surface area contributed by atoms with Crippen molar-refractivity contribution in [2.75, 3.05) is 26.2 Å². The number of rotatable bonds is 2. The Bertz CT molecular complexity index is 376. The van der Waals surface area contributed by atoms with E-state index < -0.39 is 0 Å². The highest BCUT2D eigenvalue weighted by Crippen LogP contribution is 2.29. The maximum Gasteiger partial charge on any atom is 0.0900 e. The van der Waals surface area contributed by atoms with Gasteiger partial charge in [-0.25, -0.2) is 4.98 Å². The van der Waals surface area contributed by atoms with Gasteiger partial charge in [-0.1, -0.05) is 0 Å². The van der Waals surface area contributed by atoms with Crippen LogP contribution in [-0.2, 0) is 6.54 Å². The van der Waals surface area contributed by atoms with Crippen LogP contribution in [0, 0.1) is 25.7 Å². The van der Waals surface area contributed by atoms with E-state index in [9.17, 15) is 0 Å². The van der Waals surface area contributed by atoms with Gasteiger partial charge in [0.05, 0.1) is 10.7 Å². The van der Waals surface area contributed by atoms with Crippen LogP contribution in [0.4, 0.5) is 0 Å². The summed E-state index contributed by atoms with van der Waals surface area (Å²) in [4.78, 5) is 8.58. The topological polar surface area (TPSA) is 28.2 Å². The van der Waals surface area contributed by atoms with Crippen molar-refractivity contribution in [3.8, 4) is 0 Å². The molecule has 0 amide bonds. The normalized spacial score (nSPS) is 29.9. The molecular weight excluding hydrogens is 218 g/mol. The molecule has 1 N–H and O–H groups in total. The third-order valence-corrected chi connectivity index (χ3v) is 4.89. The molecule has 0 bridgehead atoms. The van der Waals surface area contributed by atoms with Crippen molar-refractivity contribution in [3.63, 3.8) is 0 Å². The molecule has 0 unspecified atom stereocenters. The summed E-state index contributed by atoms with van der Waals surface area (Å²) in [5, 5.41) is 4.69. The van der Waals surface area contributed by atoms with Crippen molar-refractivity contribution in [1.82, 2.24) is 15.2 Å². The minimum absolute atomic E-state index is 0.898. The fourth-order valence-corrected chi connectivity index (χ4v) is 3.98. The zero-order chi connectivity index (χ0) is 11.1. The molecule has 2 aliphatic heterocycles. The van der Waals surface area contributed by atoms with E-state index >= 15 is 0 Å². The maximum absolute atomic E-state index is 4.50. The summed E-state index contributed by atoms with van der Waals surface area (Å²) < 4.78 is 0. The van der Waals surface area contributed by atoms with E-state index in [0.717, 1.165) is 18.4 Å². The van der Waals surface area contributed by atoms with Crippen molar-refractivity contribution < 1.29 is 0 Å². The van der Waals surface area contributed by atoms with Crippen LogP contribution in [0.2, 0.25) is 0 Å². The van der Waals surface area contributed by atoms with E-state index in [1.54, 1.807) is 0 Å². The summed E-state index contributed by atoms with van der Waals surface area (Å²) in [5.41, 5.74) is 1.23. The first-order valence-corrected chi connectivity index (χ1v) is 6.90. The minimum Gasteiger partial charge on any atom is -0.316 e. The summed E-state index contributed by atoms with van der Waals surface area (Å²) in [6.45, 7) is 10.3. The summed E-state index contributed by atoms with van der Waals surface area (Å²) in [6.07, 6.45) is 0. The molecule has 4 heteroatoms. The van der Waals surface area contributed by atoms with Crippen molar-refractivity contribution >= 4 is 11.3 Å². The SMILES string of the molecule is Cc1nc(C)c(CN2C[C@H]3CNC[C@H]3C2)s1. The highest BCUT2D eigenvalue weighted by molar-refractivity contribution is 7.11. The summed E-state index contributed by atoms with van der Waals surface area (Å²) in [6, 6.07) is 0. The predicted molar refractivity (Wildman–Crippen MR) is 66.7 cm³/mol. The van der Waals surface area contributed by atoms with Gasteiger partial charge in [0.1, 0.15) is 0 Å². The molecule has 2 atom stereocenters. The maximum atomic E-state index is 4.50. The van der Waals surface area contributed by atoms with Crippen LogP contribution in [0.3, 0.4) is 0 Å². The molecule has 1 aromatic rings. The number of hydrogen-bond donors (Lipinski definition) is 1.